The van der Waals surface area contributed by atoms with Crippen LogP contribution in [0.15, 0.2) is 10.7 Å². The van der Waals surface area contributed by atoms with Crippen LogP contribution in [0.2, 0.25) is 0 Å². The summed E-state index contributed by atoms with van der Waals surface area (Å²) in [5.74, 6) is 7.34. The molecule has 1 unspecified atom stereocenters. The number of nitrogens with one attached hydrogen (secondary N) is 1. The van der Waals surface area contributed by atoms with Gasteiger partial charge >= 0.3 is 0 Å². The van der Waals surface area contributed by atoms with Gasteiger partial charge in [-0.1, -0.05) is 19.8 Å². The number of rotatable bonds is 6. The second kappa shape index (κ2) is 7.72. The van der Waals surface area contributed by atoms with Crippen molar-refractivity contribution in [3.8, 4) is 0 Å². The molecule has 1 fully saturated rings. The highest BCUT2D eigenvalue weighted by Gasteiger charge is 2.30. The van der Waals surface area contributed by atoms with Crippen molar-refractivity contribution >= 4 is 15.9 Å². The average Bonchev–Trinajstić information content (AvgIpc) is 2.81. The van der Waals surface area contributed by atoms with Gasteiger partial charge in [0.05, 0.1) is 29.0 Å². The fraction of sp³-hybridized carbons (Fsp3) is 0.800. The molecular weight excluding hydrogens is 330 g/mol. The van der Waals surface area contributed by atoms with Crippen molar-refractivity contribution < 1.29 is 0 Å². The van der Waals surface area contributed by atoms with E-state index in [0.29, 0.717) is 5.92 Å². The largest absolute Gasteiger partial charge is 0.308 e. The normalized spacial score (nSPS) is 24.5. The molecule has 0 amide bonds. The topological polar surface area (TPSA) is 59.1 Å². The number of likely N-dealkylation sites (N-methyl/N-ethyl adjacent to an activating group) is 1. The van der Waals surface area contributed by atoms with E-state index >= 15 is 0 Å². The smallest absolute Gasteiger partial charge is 0.0712 e. The van der Waals surface area contributed by atoms with Crippen molar-refractivity contribution in [3.05, 3.63) is 16.4 Å². The number of hydrogen-bond acceptors (Lipinski definition) is 4. The lowest BCUT2D eigenvalue weighted by atomic mass is 9.78. The molecule has 5 nitrogen and oxygen atoms in total. The SMILES string of the molecule is CC1CCC(C(NN)c2c(Br)cnn2CCN(C)C)CC1. The lowest BCUT2D eigenvalue weighted by molar-refractivity contribution is 0.223. The van der Waals surface area contributed by atoms with Gasteiger partial charge in [0.15, 0.2) is 0 Å². The Hall–Kier alpha value is -0.430. The van der Waals surface area contributed by atoms with Crippen LogP contribution < -0.4 is 11.3 Å². The maximum atomic E-state index is 5.90. The van der Waals surface area contributed by atoms with Gasteiger partial charge in [-0.05, 0) is 54.7 Å². The summed E-state index contributed by atoms with van der Waals surface area (Å²) in [5, 5.41) is 4.51. The summed E-state index contributed by atoms with van der Waals surface area (Å²) in [6.45, 7) is 4.20. The first kappa shape index (κ1) is 16.9. The van der Waals surface area contributed by atoms with Crippen molar-refractivity contribution in [1.82, 2.24) is 20.1 Å². The van der Waals surface area contributed by atoms with Crippen LogP contribution in [0.5, 0.6) is 0 Å². The van der Waals surface area contributed by atoms with Crippen LogP contribution in [0, 0.1) is 11.8 Å². The molecule has 120 valence electrons. The quantitative estimate of drug-likeness (QED) is 0.606. The van der Waals surface area contributed by atoms with Gasteiger partial charge in [0, 0.05) is 6.54 Å². The standard InChI is InChI=1S/C15H28BrN5/c1-11-4-6-12(7-5-11)14(19-17)15-13(16)10-18-21(15)9-8-20(2)3/h10-12,14,19H,4-9,17H2,1-3H3. The predicted octanol–water partition coefficient (Wildman–Crippen LogP) is 2.54. The molecule has 0 bridgehead atoms. The summed E-state index contributed by atoms with van der Waals surface area (Å²) in [6.07, 6.45) is 6.96. The van der Waals surface area contributed by atoms with Gasteiger partial charge in [-0.25, -0.2) is 0 Å². The van der Waals surface area contributed by atoms with E-state index < -0.39 is 0 Å². The van der Waals surface area contributed by atoms with E-state index in [2.05, 4.69) is 57.1 Å². The minimum atomic E-state index is 0.177. The molecule has 1 saturated carbocycles. The molecule has 3 N–H and O–H groups in total. The van der Waals surface area contributed by atoms with Crippen molar-refractivity contribution in [2.75, 3.05) is 20.6 Å². The first-order valence-electron chi connectivity index (χ1n) is 7.85. The van der Waals surface area contributed by atoms with Crippen molar-refractivity contribution in [3.63, 3.8) is 0 Å². The van der Waals surface area contributed by atoms with Crippen LogP contribution in [-0.4, -0.2) is 35.3 Å². The third kappa shape index (κ3) is 4.28. The summed E-state index contributed by atoms with van der Waals surface area (Å²) >= 11 is 3.65. The number of nitrogens with zero attached hydrogens (tertiary/aromatic N) is 3. The Morgan fingerprint density at radius 3 is 2.67 bits per heavy atom. The van der Waals surface area contributed by atoms with Gasteiger partial charge in [0.25, 0.3) is 0 Å². The van der Waals surface area contributed by atoms with Gasteiger partial charge in [-0.15, -0.1) is 0 Å². The zero-order valence-electron chi connectivity index (χ0n) is 13.3. The van der Waals surface area contributed by atoms with E-state index in [1.165, 1.54) is 31.4 Å². The van der Waals surface area contributed by atoms with E-state index in [1.807, 2.05) is 6.20 Å². The molecule has 0 radical (unpaired) electrons. The molecule has 1 heterocycles. The Morgan fingerprint density at radius 2 is 2.10 bits per heavy atom. The van der Waals surface area contributed by atoms with Crippen molar-refractivity contribution in [1.29, 1.82) is 0 Å². The third-order valence-corrected chi connectivity index (χ3v) is 5.21. The van der Waals surface area contributed by atoms with Gasteiger partial charge in [-0.2, -0.15) is 5.10 Å². The Bertz CT molecular complexity index is 437. The Balaban J connectivity index is 2.15. The molecule has 1 aliphatic carbocycles. The molecule has 0 spiro atoms. The van der Waals surface area contributed by atoms with Crippen LogP contribution in [-0.2, 0) is 6.54 Å². The second-order valence-electron chi connectivity index (χ2n) is 6.57. The number of halogens is 1. The van der Waals surface area contributed by atoms with Gasteiger partial charge in [-0.3, -0.25) is 16.0 Å². The molecule has 0 aliphatic heterocycles. The molecule has 0 saturated heterocycles. The minimum absolute atomic E-state index is 0.177. The van der Waals surface area contributed by atoms with Crippen LogP contribution in [0.1, 0.15) is 44.3 Å². The van der Waals surface area contributed by atoms with E-state index in [0.717, 1.165) is 23.5 Å². The van der Waals surface area contributed by atoms with E-state index in [-0.39, 0.29) is 6.04 Å². The summed E-state index contributed by atoms with van der Waals surface area (Å²) < 4.78 is 3.15. The predicted molar refractivity (Wildman–Crippen MR) is 89.7 cm³/mol. The first-order chi connectivity index (χ1) is 10.0. The summed E-state index contributed by atoms with van der Waals surface area (Å²) in [7, 11) is 4.17. The highest BCUT2D eigenvalue weighted by Crippen LogP contribution is 2.38. The van der Waals surface area contributed by atoms with Crippen LogP contribution in [0.3, 0.4) is 0 Å². The fourth-order valence-corrected chi connectivity index (χ4v) is 3.75. The highest BCUT2D eigenvalue weighted by atomic mass is 79.9. The highest BCUT2D eigenvalue weighted by molar-refractivity contribution is 9.10. The number of hydrogen-bond donors (Lipinski definition) is 2. The molecule has 1 aromatic rings. The lowest BCUT2D eigenvalue weighted by Crippen LogP contribution is -2.37. The van der Waals surface area contributed by atoms with E-state index in [4.69, 9.17) is 5.84 Å². The first-order valence-corrected chi connectivity index (χ1v) is 8.64. The molecule has 21 heavy (non-hydrogen) atoms. The van der Waals surface area contributed by atoms with Gasteiger partial charge in [0.1, 0.15) is 0 Å². The molecule has 0 aromatic carbocycles. The van der Waals surface area contributed by atoms with Crippen molar-refractivity contribution in [2.45, 2.75) is 45.2 Å². The second-order valence-corrected chi connectivity index (χ2v) is 7.42. The Labute approximate surface area is 136 Å². The summed E-state index contributed by atoms with van der Waals surface area (Å²) in [4.78, 5) is 2.17. The Morgan fingerprint density at radius 1 is 1.43 bits per heavy atom. The molecular formula is C15H28BrN5. The molecule has 1 aromatic heterocycles. The van der Waals surface area contributed by atoms with E-state index in [9.17, 15) is 0 Å². The van der Waals surface area contributed by atoms with Gasteiger partial charge in [0.2, 0.25) is 0 Å². The zero-order valence-corrected chi connectivity index (χ0v) is 14.9. The number of hydrazine groups is 1. The van der Waals surface area contributed by atoms with Gasteiger partial charge < -0.3 is 4.90 Å². The molecule has 1 atom stereocenters. The van der Waals surface area contributed by atoms with E-state index in [1.54, 1.807) is 0 Å². The average molecular weight is 358 g/mol. The zero-order chi connectivity index (χ0) is 15.4. The number of aromatic nitrogens is 2. The fourth-order valence-electron chi connectivity index (χ4n) is 3.21. The molecule has 1 aliphatic rings. The van der Waals surface area contributed by atoms with Crippen LogP contribution >= 0.6 is 15.9 Å². The van der Waals surface area contributed by atoms with Crippen LogP contribution in [0.4, 0.5) is 0 Å². The Kier molecular flexibility index (Phi) is 6.22. The van der Waals surface area contributed by atoms with Crippen LogP contribution in [0.25, 0.3) is 0 Å². The number of nitrogens with two attached hydrogens (primary N) is 1. The lowest BCUT2D eigenvalue weighted by Gasteiger charge is -2.33. The molecule has 6 heteroatoms. The summed E-state index contributed by atoms with van der Waals surface area (Å²) in [5.41, 5.74) is 4.25. The maximum absolute atomic E-state index is 5.90. The summed E-state index contributed by atoms with van der Waals surface area (Å²) in [6, 6.07) is 0.177. The van der Waals surface area contributed by atoms with Crippen molar-refractivity contribution in [2.24, 2.45) is 17.7 Å². The third-order valence-electron chi connectivity index (χ3n) is 4.60. The molecule has 2 rings (SSSR count). The minimum Gasteiger partial charge on any atom is -0.308 e. The maximum Gasteiger partial charge on any atom is 0.0712 e. The monoisotopic (exact) mass is 357 g/mol.